The summed E-state index contributed by atoms with van der Waals surface area (Å²) in [6.45, 7) is 5.28. The molecule has 1 heterocycles. The van der Waals surface area contributed by atoms with Gasteiger partial charge in [0.1, 0.15) is 5.75 Å². The van der Waals surface area contributed by atoms with Crippen molar-refractivity contribution in [2.24, 2.45) is 0 Å². The van der Waals surface area contributed by atoms with Crippen LogP contribution >= 0.6 is 0 Å². The molecule has 0 radical (unpaired) electrons. The molecule has 4 nitrogen and oxygen atoms in total. The lowest BCUT2D eigenvalue weighted by Crippen LogP contribution is -2.35. The maximum absolute atomic E-state index is 13.1. The molecule has 6 heteroatoms. The van der Waals surface area contributed by atoms with E-state index in [4.69, 9.17) is 4.74 Å². The zero-order valence-electron chi connectivity index (χ0n) is 12.4. The second kappa shape index (κ2) is 5.97. The normalized spacial score (nSPS) is 20.6. The van der Waals surface area contributed by atoms with Crippen LogP contribution in [0.15, 0.2) is 18.2 Å². The first-order valence-electron chi connectivity index (χ1n) is 6.96. The number of aryl methyl sites for hydroxylation is 1. The monoisotopic (exact) mass is 298 g/mol. The standard InChI is InChI=1S/C15H20F2N2O2/c1-9(2)21-13-5-4-11(6-10(13)3)19-14(20)12-7-15(16,17)8-18-12/h4-6,9,12,18H,7-8H2,1-3H3,(H,19,20). The van der Waals surface area contributed by atoms with Gasteiger partial charge in [0, 0.05) is 12.1 Å². The summed E-state index contributed by atoms with van der Waals surface area (Å²) in [5.41, 5.74) is 1.46. The highest BCUT2D eigenvalue weighted by molar-refractivity contribution is 5.95. The molecule has 1 aliphatic rings. The van der Waals surface area contributed by atoms with Crippen molar-refractivity contribution < 1.29 is 18.3 Å². The highest BCUT2D eigenvalue weighted by Gasteiger charge is 2.42. The Morgan fingerprint density at radius 1 is 1.48 bits per heavy atom. The minimum absolute atomic E-state index is 0.0639. The van der Waals surface area contributed by atoms with Gasteiger partial charge >= 0.3 is 0 Å². The lowest BCUT2D eigenvalue weighted by atomic mass is 10.1. The minimum atomic E-state index is -2.81. The third-order valence-electron chi connectivity index (χ3n) is 3.23. The predicted molar refractivity (Wildman–Crippen MR) is 76.9 cm³/mol. The van der Waals surface area contributed by atoms with Gasteiger partial charge in [0.05, 0.1) is 18.7 Å². The van der Waals surface area contributed by atoms with Gasteiger partial charge in [0.15, 0.2) is 0 Å². The van der Waals surface area contributed by atoms with Gasteiger partial charge < -0.3 is 10.1 Å². The third-order valence-corrected chi connectivity index (χ3v) is 3.23. The highest BCUT2D eigenvalue weighted by atomic mass is 19.3. The van der Waals surface area contributed by atoms with Crippen molar-refractivity contribution in [1.82, 2.24) is 5.32 Å². The summed E-state index contributed by atoms with van der Waals surface area (Å²) in [5.74, 6) is -2.51. The first-order chi connectivity index (χ1) is 9.77. The largest absolute Gasteiger partial charge is 0.491 e. The summed E-state index contributed by atoms with van der Waals surface area (Å²) in [5, 5.41) is 5.18. The molecule has 1 fully saturated rings. The number of hydrogen-bond acceptors (Lipinski definition) is 3. The maximum Gasteiger partial charge on any atom is 0.262 e. The van der Waals surface area contributed by atoms with Gasteiger partial charge in [-0.1, -0.05) is 0 Å². The van der Waals surface area contributed by atoms with Crippen LogP contribution in [0.5, 0.6) is 5.75 Å². The highest BCUT2D eigenvalue weighted by Crippen LogP contribution is 2.27. The van der Waals surface area contributed by atoms with E-state index in [-0.39, 0.29) is 6.10 Å². The molecule has 1 amide bonds. The number of ether oxygens (including phenoxy) is 1. The van der Waals surface area contributed by atoms with Gasteiger partial charge in [-0.2, -0.15) is 0 Å². The van der Waals surface area contributed by atoms with Crippen LogP contribution in [-0.2, 0) is 4.79 Å². The Morgan fingerprint density at radius 2 is 2.19 bits per heavy atom. The van der Waals surface area contributed by atoms with Crippen LogP contribution in [0, 0.1) is 6.92 Å². The van der Waals surface area contributed by atoms with Gasteiger partial charge in [0.2, 0.25) is 5.91 Å². The summed E-state index contributed by atoms with van der Waals surface area (Å²) < 4.78 is 31.8. The number of anilines is 1. The van der Waals surface area contributed by atoms with Crippen LogP contribution in [0.2, 0.25) is 0 Å². The average Bonchev–Trinajstić information content (AvgIpc) is 2.73. The quantitative estimate of drug-likeness (QED) is 0.898. The first kappa shape index (κ1) is 15.7. The number of carbonyl (C=O) groups is 1. The minimum Gasteiger partial charge on any atom is -0.491 e. The van der Waals surface area contributed by atoms with E-state index in [1.165, 1.54) is 0 Å². The summed E-state index contributed by atoms with van der Waals surface area (Å²) in [4.78, 5) is 11.9. The number of amides is 1. The molecule has 1 unspecified atom stereocenters. The van der Waals surface area contributed by atoms with Crippen molar-refractivity contribution in [2.75, 3.05) is 11.9 Å². The van der Waals surface area contributed by atoms with Crippen LogP contribution in [0.25, 0.3) is 0 Å². The number of alkyl halides is 2. The van der Waals surface area contributed by atoms with E-state index in [2.05, 4.69) is 10.6 Å². The van der Waals surface area contributed by atoms with Crippen molar-refractivity contribution in [3.63, 3.8) is 0 Å². The molecule has 0 saturated carbocycles. The van der Waals surface area contributed by atoms with Crippen molar-refractivity contribution in [3.8, 4) is 5.75 Å². The molecule has 0 spiro atoms. The second-order valence-electron chi connectivity index (χ2n) is 5.63. The molecule has 1 saturated heterocycles. The Kier molecular flexibility index (Phi) is 4.46. The molecule has 1 aromatic carbocycles. The molecule has 0 aliphatic carbocycles. The number of hydrogen-bond donors (Lipinski definition) is 2. The van der Waals surface area contributed by atoms with Crippen LogP contribution in [0.3, 0.4) is 0 Å². The van der Waals surface area contributed by atoms with E-state index >= 15 is 0 Å². The lowest BCUT2D eigenvalue weighted by Gasteiger charge is -2.15. The van der Waals surface area contributed by atoms with E-state index < -0.39 is 30.8 Å². The zero-order valence-corrected chi connectivity index (χ0v) is 12.4. The Balaban J connectivity index is 2.00. The topological polar surface area (TPSA) is 50.4 Å². The maximum atomic E-state index is 13.1. The van der Waals surface area contributed by atoms with Crippen LogP contribution < -0.4 is 15.4 Å². The molecule has 21 heavy (non-hydrogen) atoms. The molecule has 2 N–H and O–H groups in total. The zero-order chi connectivity index (χ0) is 15.6. The fourth-order valence-electron chi connectivity index (χ4n) is 2.24. The van der Waals surface area contributed by atoms with Crippen molar-refractivity contribution in [1.29, 1.82) is 0 Å². The van der Waals surface area contributed by atoms with E-state index in [1.54, 1.807) is 18.2 Å². The Hall–Kier alpha value is -1.69. The first-order valence-corrected chi connectivity index (χ1v) is 6.96. The Labute approximate surface area is 122 Å². The fourth-order valence-corrected chi connectivity index (χ4v) is 2.24. The molecular weight excluding hydrogens is 278 g/mol. The predicted octanol–water partition coefficient (Wildman–Crippen LogP) is 2.72. The van der Waals surface area contributed by atoms with Gasteiger partial charge in [-0.15, -0.1) is 0 Å². The van der Waals surface area contributed by atoms with Crippen molar-refractivity contribution in [2.45, 2.75) is 45.3 Å². The molecule has 0 bridgehead atoms. The average molecular weight is 298 g/mol. The number of carbonyl (C=O) groups excluding carboxylic acids is 1. The SMILES string of the molecule is Cc1cc(NC(=O)C2CC(F)(F)CN2)ccc1OC(C)C. The summed E-state index contributed by atoms with van der Waals surface area (Å²) in [6, 6.07) is 4.38. The van der Waals surface area contributed by atoms with Gasteiger partial charge in [-0.05, 0) is 44.5 Å². The summed E-state index contributed by atoms with van der Waals surface area (Å²) in [6.07, 6.45) is -0.402. The number of nitrogens with one attached hydrogen (secondary N) is 2. The van der Waals surface area contributed by atoms with Gasteiger partial charge in [-0.3, -0.25) is 10.1 Å². The van der Waals surface area contributed by atoms with E-state index in [9.17, 15) is 13.6 Å². The molecule has 1 aliphatic heterocycles. The smallest absolute Gasteiger partial charge is 0.262 e. The molecule has 1 aromatic rings. The van der Waals surface area contributed by atoms with Gasteiger partial charge in [-0.25, -0.2) is 8.78 Å². The molecule has 1 atom stereocenters. The molecule has 2 rings (SSSR count). The summed E-state index contributed by atoms with van der Waals surface area (Å²) in [7, 11) is 0. The van der Waals surface area contributed by atoms with E-state index in [1.807, 2.05) is 20.8 Å². The van der Waals surface area contributed by atoms with Gasteiger partial charge in [0.25, 0.3) is 5.92 Å². The lowest BCUT2D eigenvalue weighted by molar-refractivity contribution is -0.118. The molecular formula is C15H20F2N2O2. The van der Waals surface area contributed by atoms with E-state index in [0.717, 1.165) is 11.3 Å². The summed E-state index contributed by atoms with van der Waals surface area (Å²) >= 11 is 0. The molecule has 0 aromatic heterocycles. The van der Waals surface area contributed by atoms with Crippen molar-refractivity contribution >= 4 is 11.6 Å². The number of rotatable bonds is 4. The van der Waals surface area contributed by atoms with Crippen LogP contribution in [0.1, 0.15) is 25.8 Å². The van der Waals surface area contributed by atoms with Crippen LogP contribution in [0.4, 0.5) is 14.5 Å². The van der Waals surface area contributed by atoms with Crippen molar-refractivity contribution in [3.05, 3.63) is 23.8 Å². The Bertz CT molecular complexity index is 532. The third kappa shape index (κ3) is 4.14. The molecule has 116 valence electrons. The Morgan fingerprint density at radius 3 is 2.71 bits per heavy atom. The number of benzene rings is 1. The van der Waals surface area contributed by atoms with E-state index in [0.29, 0.717) is 5.69 Å². The van der Waals surface area contributed by atoms with Crippen LogP contribution in [-0.4, -0.2) is 30.5 Å². The number of halogens is 2. The second-order valence-corrected chi connectivity index (χ2v) is 5.63. The fraction of sp³-hybridized carbons (Fsp3) is 0.533.